The summed E-state index contributed by atoms with van der Waals surface area (Å²) in [4.78, 5) is 36.7. The van der Waals surface area contributed by atoms with Gasteiger partial charge in [0.05, 0.1) is 12.0 Å². The normalized spacial score (nSPS) is 10.2. The van der Waals surface area contributed by atoms with Gasteiger partial charge in [-0.3, -0.25) is 9.59 Å². The number of carboxylic acid groups (broad SMARTS) is 1. The molecule has 0 aliphatic rings. The summed E-state index contributed by atoms with van der Waals surface area (Å²) in [6.07, 6.45) is 0.600. The molecule has 6 heteroatoms. The lowest BCUT2D eigenvalue weighted by Gasteiger charge is -2.11. The average Bonchev–Trinajstić information content (AvgIpc) is 2.61. The van der Waals surface area contributed by atoms with Crippen LogP contribution in [0.3, 0.4) is 0 Å². The van der Waals surface area contributed by atoms with E-state index < -0.39 is 5.97 Å². The highest BCUT2D eigenvalue weighted by Crippen LogP contribution is 2.10. The van der Waals surface area contributed by atoms with Crippen LogP contribution in [0.5, 0.6) is 0 Å². The predicted octanol–water partition coefficient (Wildman–Crippen LogP) is 1.99. The summed E-state index contributed by atoms with van der Waals surface area (Å²) in [5, 5.41) is 11.9. The van der Waals surface area contributed by atoms with Crippen molar-refractivity contribution in [2.45, 2.75) is 12.8 Å². The molecule has 0 atom stereocenters. The molecule has 0 saturated heterocycles. The molecule has 0 bridgehead atoms. The van der Waals surface area contributed by atoms with Gasteiger partial charge < -0.3 is 15.3 Å². The van der Waals surface area contributed by atoms with Crippen molar-refractivity contribution in [1.29, 1.82) is 0 Å². The average molecular weight is 354 g/mol. The van der Waals surface area contributed by atoms with E-state index in [2.05, 4.69) is 5.32 Å². The number of hydrogen-bond donors (Lipinski definition) is 2. The Kier molecular flexibility index (Phi) is 6.49. The van der Waals surface area contributed by atoms with Gasteiger partial charge in [0, 0.05) is 26.2 Å². The van der Waals surface area contributed by atoms with Gasteiger partial charge >= 0.3 is 5.97 Å². The number of aromatic carboxylic acids is 1. The molecule has 2 aromatic rings. The Hall–Kier alpha value is -3.15. The van der Waals surface area contributed by atoms with Crippen molar-refractivity contribution in [1.82, 2.24) is 10.2 Å². The van der Waals surface area contributed by atoms with E-state index in [0.29, 0.717) is 24.1 Å². The van der Waals surface area contributed by atoms with E-state index >= 15 is 0 Å². The lowest BCUT2D eigenvalue weighted by molar-refractivity contribution is -0.120. The maximum atomic E-state index is 12.1. The summed E-state index contributed by atoms with van der Waals surface area (Å²) in [5.74, 6) is -1.35. The Labute approximate surface area is 152 Å². The second-order valence-electron chi connectivity index (χ2n) is 6.14. The number of nitrogens with one attached hydrogen (secondary N) is 1. The number of amides is 2. The van der Waals surface area contributed by atoms with E-state index in [1.165, 1.54) is 11.0 Å². The van der Waals surface area contributed by atoms with Crippen molar-refractivity contribution in [3.63, 3.8) is 0 Å². The Balaban J connectivity index is 1.90. The van der Waals surface area contributed by atoms with E-state index in [4.69, 9.17) is 5.11 Å². The molecule has 2 aromatic carbocycles. The standard InChI is InChI=1S/C20H22N2O4/c1-22(2)19(24)16-8-5-6-14(12-16)10-11-21-18(23)13-15-7-3-4-9-17(15)20(25)26/h3-9,12H,10-11,13H2,1-2H3,(H,21,23)(H,25,26). The number of hydrogen-bond acceptors (Lipinski definition) is 3. The minimum absolute atomic E-state index is 0.0155. The number of carbonyl (C=O) groups is 3. The number of rotatable bonds is 7. The molecule has 0 aliphatic carbocycles. The van der Waals surface area contributed by atoms with Crippen molar-refractivity contribution in [3.05, 3.63) is 70.8 Å². The van der Waals surface area contributed by atoms with Crippen LogP contribution in [0.1, 0.15) is 31.8 Å². The summed E-state index contributed by atoms with van der Waals surface area (Å²) in [7, 11) is 3.40. The van der Waals surface area contributed by atoms with Crippen molar-refractivity contribution in [3.8, 4) is 0 Å². The van der Waals surface area contributed by atoms with Gasteiger partial charge in [-0.1, -0.05) is 30.3 Å². The molecule has 0 spiro atoms. The Morgan fingerprint density at radius 2 is 1.77 bits per heavy atom. The molecular weight excluding hydrogens is 332 g/mol. The third-order valence-corrected chi connectivity index (χ3v) is 3.91. The van der Waals surface area contributed by atoms with Crippen LogP contribution in [0.25, 0.3) is 0 Å². The quantitative estimate of drug-likeness (QED) is 0.796. The first-order chi connectivity index (χ1) is 12.4. The lowest BCUT2D eigenvalue weighted by atomic mass is 10.0. The molecule has 136 valence electrons. The zero-order valence-electron chi connectivity index (χ0n) is 14.9. The predicted molar refractivity (Wildman–Crippen MR) is 98.3 cm³/mol. The fourth-order valence-corrected chi connectivity index (χ4v) is 2.58. The van der Waals surface area contributed by atoms with Gasteiger partial charge in [-0.2, -0.15) is 0 Å². The van der Waals surface area contributed by atoms with Crippen LogP contribution < -0.4 is 5.32 Å². The molecule has 2 N–H and O–H groups in total. The molecule has 0 heterocycles. The van der Waals surface area contributed by atoms with Gasteiger partial charge in [-0.15, -0.1) is 0 Å². The lowest BCUT2D eigenvalue weighted by Crippen LogP contribution is -2.28. The zero-order valence-corrected chi connectivity index (χ0v) is 14.9. The second-order valence-corrected chi connectivity index (χ2v) is 6.14. The summed E-state index contributed by atoms with van der Waals surface area (Å²) in [6, 6.07) is 13.8. The largest absolute Gasteiger partial charge is 0.478 e. The van der Waals surface area contributed by atoms with Gasteiger partial charge in [0.2, 0.25) is 5.91 Å². The molecule has 0 aliphatic heterocycles. The summed E-state index contributed by atoms with van der Waals surface area (Å²) in [6.45, 7) is 0.410. The van der Waals surface area contributed by atoms with Crippen LogP contribution in [0.15, 0.2) is 48.5 Å². The highest BCUT2D eigenvalue weighted by atomic mass is 16.4. The molecule has 0 radical (unpaired) electrons. The van der Waals surface area contributed by atoms with Gasteiger partial charge in [0.1, 0.15) is 0 Å². The summed E-state index contributed by atoms with van der Waals surface area (Å²) < 4.78 is 0. The first kappa shape index (κ1) is 19.2. The van der Waals surface area contributed by atoms with E-state index in [9.17, 15) is 14.4 Å². The molecule has 2 amide bonds. The van der Waals surface area contributed by atoms with E-state index in [1.54, 1.807) is 38.4 Å². The van der Waals surface area contributed by atoms with E-state index in [-0.39, 0.29) is 23.8 Å². The first-order valence-electron chi connectivity index (χ1n) is 8.27. The number of carboxylic acids is 1. The number of carbonyl (C=O) groups excluding carboxylic acids is 2. The van der Waals surface area contributed by atoms with Crippen molar-refractivity contribution < 1.29 is 19.5 Å². The monoisotopic (exact) mass is 354 g/mol. The molecule has 26 heavy (non-hydrogen) atoms. The van der Waals surface area contributed by atoms with Gasteiger partial charge in [-0.05, 0) is 35.7 Å². The molecule has 0 saturated carbocycles. The molecule has 2 rings (SSSR count). The number of benzene rings is 2. The van der Waals surface area contributed by atoms with Crippen molar-refractivity contribution in [2.24, 2.45) is 0 Å². The highest BCUT2D eigenvalue weighted by Gasteiger charge is 2.12. The van der Waals surface area contributed by atoms with E-state index in [0.717, 1.165) is 5.56 Å². The van der Waals surface area contributed by atoms with Crippen LogP contribution in [0, 0.1) is 0 Å². The van der Waals surface area contributed by atoms with Crippen molar-refractivity contribution >= 4 is 17.8 Å². The molecule has 0 unspecified atom stereocenters. The van der Waals surface area contributed by atoms with Crippen LogP contribution in [0.2, 0.25) is 0 Å². The van der Waals surface area contributed by atoms with E-state index in [1.807, 2.05) is 18.2 Å². The zero-order chi connectivity index (χ0) is 19.1. The van der Waals surface area contributed by atoms with Crippen LogP contribution >= 0.6 is 0 Å². The topological polar surface area (TPSA) is 86.7 Å². The second kappa shape index (κ2) is 8.80. The minimum atomic E-state index is -1.05. The minimum Gasteiger partial charge on any atom is -0.478 e. The number of nitrogens with zero attached hydrogens (tertiary/aromatic N) is 1. The Morgan fingerprint density at radius 1 is 1.04 bits per heavy atom. The van der Waals surface area contributed by atoms with Crippen LogP contribution in [0.4, 0.5) is 0 Å². The maximum Gasteiger partial charge on any atom is 0.335 e. The van der Waals surface area contributed by atoms with Crippen LogP contribution in [-0.4, -0.2) is 48.4 Å². The Bertz CT molecular complexity index is 815. The smallest absolute Gasteiger partial charge is 0.335 e. The van der Waals surface area contributed by atoms with Gasteiger partial charge in [0.25, 0.3) is 5.91 Å². The molecule has 0 aromatic heterocycles. The van der Waals surface area contributed by atoms with Crippen molar-refractivity contribution in [2.75, 3.05) is 20.6 Å². The molecule has 6 nitrogen and oxygen atoms in total. The molecular formula is C20H22N2O4. The highest BCUT2D eigenvalue weighted by molar-refractivity contribution is 5.94. The van der Waals surface area contributed by atoms with Gasteiger partial charge in [-0.25, -0.2) is 4.79 Å². The SMILES string of the molecule is CN(C)C(=O)c1cccc(CCNC(=O)Cc2ccccc2C(=O)O)c1. The third-order valence-electron chi connectivity index (χ3n) is 3.91. The third kappa shape index (κ3) is 5.17. The summed E-state index contributed by atoms with van der Waals surface area (Å²) in [5.41, 5.74) is 2.17. The fraction of sp³-hybridized carbons (Fsp3) is 0.250. The fourth-order valence-electron chi connectivity index (χ4n) is 2.58. The maximum absolute atomic E-state index is 12.1. The Morgan fingerprint density at radius 3 is 2.46 bits per heavy atom. The van der Waals surface area contributed by atoms with Crippen LogP contribution in [-0.2, 0) is 17.6 Å². The summed E-state index contributed by atoms with van der Waals surface area (Å²) >= 11 is 0. The first-order valence-corrected chi connectivity index (χ1v) is 8.27. The van der Waals surface area contributed by atoms with Gasteiger partial charge in [0.15, 0.2) is 0 Å². The molecule has 0 fully saturated rings.